The van der Waals surface area contributed by atoms with Gasteiger partial charge in [0.05, 0.1) is 7.11 Å². The second-order valence-electron chi connectivity index (χ2n) is 4.53. The van der Waals surface area contributed by atoms with Crippen molar-refractivity contribution in [1.29, 1.82) is 0 Å². The van der Waals surface area contributed by atoms with Gasteiger partial charge >= 0.3 is 5.97 Å². The summed E-state index contributed by atoms with van der Waals surface area (Å²) in [6.07, 6.45) is 0.415. The summed E-state index contributed by atoms with van der Waals surface area (Å²) in [5.74, 6) is -0.873. The first-order chi connectivity index (χ1) is 8.47. The van der Waals surface area contributed by atoms with E-state index >= 15 is 0 Å². The van der Waals surface area contributed by atoms with Crippen molar-refractivity contribution in [1.82, 2.24) is 5.32 Å². The highest BCUT2D eigenvalue weighted by molar-refractivity contribution is 5.82. The third-order valence-corrected chi connectivity index (χ3v) is 2.93. The zero-order valence-corrected chi connectivity index (χ0v) is 11.3. The van der Waals surface area contributed by atoms with Crippen LogP contribution < -0.4 is 5.32 Å². The highest BCUT2D eigenvalue weighted by Crippen LogP contribution is 2.29. The summed E-state index contributed by atoms with van der Waals surface area (Å²) in [5.41, 5.74) is -0.804. The Kier molecular flexibility index (Phi) is 4.84. The van der Waals surface area contributed by atoms with Crippen molar-refractivity contribution < 1.29 is 13.9 Å². The lowest BCUT2D eigenvalue weighted by Crippen LogP contribution is -2.52. The van der Waals surface area contributed by atoms with Crippen LogP contribution >= 0.6 is 0 Å². The number of hydrogen-bond donors (Lipinski definition) is 1. The lowest BCUT2D eigenvalue weighted by Gasteiger charge is -2.33. The van der Waals surface area contributed by atoms with E-state index in [-0.39, 0.29) is 6.04 Å². The van der Waals surface area contributed by atoms with Crippen LogP contribution in [-0.2, 0) is 15.1 Å². The van der Waals surface area contributed by atoms with Crippen LogP contribution in [0.1, 0.15) is 32.8 Å². The fourth-order valence-electron chi connectivity index (χ4n) is 2.16. The summed E-state index contributed by atoms with van der Waals surface area (Å²) >= 11 is 0. The van der Waals surface area contributed by atoms with Crippen molar-refractivity contribution in [2.75, 3.05) is 7.11 Å². The largest absolute Gasteiger partial charge is 0.467 e. The molecule has 18 heavy (non-hydrogen) atoms. The minimum Gasteiger partial charge on any atom is -0.467 e. The molecule has 0 aliphatic heterocycles. The van der Waals surface area contributed by atoms with Crippen LogP contribution in [0, 0.1) is 5.82 Å². The zero-order chi connectivity index (χ0) is 13.8. The van der Waals surface area contributed by atoms with E-state index < -0.39 is 17.3 Å². The number of carbonyl (C=O) groups is 1. The van der Waals surface area contributed by atoms with E-state index in [9.17, 15) is 9.18 Å². The van der Waals surface area contributed by atoms with Gasteiger partial charge in [-0.05, 0) is 26.3 Å². The Labute approximate surface area is 107 Å². The van der Waals surface area contributed by atoms with E-state index in [2.05, 4.69) is 5.32 Å². The molecule has 0 fully saturated rings. The minimum atomic E-state index is -1.13. The number of benzene rings is 1. The number of methoxy groups -OCH3 is 1. The second kappa shape index (κ2) is 5.96. The SMILES string of the molecule is CCC(NC(C)C)(C(=O)OC)c1ccccc1F. The zero-order valence-electron chi connectivity index (χ0n) is 11.3. The average Bonchev–Trinajstić information content (AvgIpc) is 2.35. The maximum absolute atomic E-state index is 14.0. The Morgan fingerprint density at radius 3 is 2.50 bits per heavy atom. The van der Waals surface area contributed by atoms with Gasteiger partial charge in [-0.3, -0.25) is 5.32 Å². The molecule has 1 aromatic rings. The average molecular weight is 253 g/mol. The predicted molar refractivity (Wildman–Crippen MR) is 68.7 cm³/mol. The molecular formula is C14H20FNO2. The third kappa shape index (κ3) is 2.70. The summed E-state index contributed by atoms with van der Waals surface area (Å²) in [7, 11) is 1.32. The number of carbonyl (C=O) groups excluding carboxylic acids is 1. The topological polar surface area (TPSA) is 38.3 Å². The van der Waals surface area contributed by atoms with Gasteiger partial charge in [-0.15, -0.1) is 0 Å². The molecule has 100 valence electrons. The Morgan fingerprint density at radius 1 is 1.44 bits per heavy atom. The van der Waals surface area contributed by atoms with Gasteiger partial charge in [0.25, 0.3) is 0 Å². The van der Waals surface area contributed by atoms with Gasteiger partial charge in [0.1, 0.15) is 11.4 Å². The van der Waals surface area contributed by atoms with Crippen molar-refractivity contribution in [3.63, 3.8) is 0 Å². The molecule has 3 nitrogen and oxygen atoms in total. The van der Waals surface area contributed by atoms with Crippen LogP contribution in [0.2, 0.25) is 0 Å². The number of halogens is 1. The first kappa shape index (κ1) is 14.6. The number of esters is 1. The molecule has 4 heteroatoms. The summed E-state index contributed by atoms with van der Waals surface area (Å²) in [6.45, 7) is 5.65. The van der Waals surface area contributed by atoms with Crippen LogP contribution in [0.5, 0.6) is 0 Å². The number of hydrogen-bond acceptors (Lipinski definition) is 3. The van der Waals surface area contributed by atoms with Crippen molar-refractivity contribution >= 4 is 5.97 Å². The molecule has 1 unspecified atom stereocenters. The van der Waals surface area contributed by atoms with Crippen LogP contribution in [0.4, 0.5) is 4.39 Å². The Hall–Kier alpha value is -1.42. The fourth-order valence-corrected chi connectivity index (χ4v) is 2.16. The first-order valence-corrected chi connectivity index (χ1v) is 6.09. The summed E-state index contributed by atoms with van der Waals surface area (Å²) < 4.78 is 18.8. The van der Waals surface area contributed by atoms with Gasteiger partial charge in [0.2, 0.25) is 0 Å². The molecule has 0 saturated heterocycles. The smallest absolute Gasteiger partial charge is 0.330 e. The van der Waals surface area contributed by atoms with Crippen molar-refractivity contribution in [2.24, 2.45) is 0 Å². The van der Waals surface area contributed by atoms with Gasteiger partial charge in [-0.1, -0.05) is 25.1 Å². The fraction of sp³-hybridized carbons (Fsp3) is 0.500. The van der Waals surface area contributed by atoms with Crippen LogP contribution in [0.15, 0.2) is 24.3 Å². The molecule has 0 bridgehead atoms. The number of rotatable bonds is 5. The third-order valence-electron chi connectivity index (χ3n) is 2.93. The van der Waals surface area contributed by atoms with Gasteiger partial charge in [0.15, 0.2) is 0 Å². The maximum Gasteiger partial charge on any atom is 0.330 e. The monoisotopic (exact) mass is 253 g/mol. The Bertz CT molecular complexity index is 420. The summed E-state index contributed by atoms with van der Waals surface area (Å²) in [4.78, 5) is 12.1. The highest BCUT2D eigenvalue weighted by Gasteiger charge is 2.41. The van der Waals surface area contributed by atoms with Crippen LogP contribution in [-0.4, -0.2) is 19.1 Å². The quantitative estimate of drug-likeness (QED) is 0.820. The van der Waals surface area contributed by atoms with Crippen molar-refractivity contribution in [3.8, 4) is 0 Å². The maximum atomic E-state index is 14.0. The van der Waals surface area contributed by atoms with E-state index in [1.165, 1.54) is 13.2 Å². The molecule has 1 atom stereocenters. The van der Waals surface area contributed by atoms with Crippen molar-refractivity contribution in [2.45, 2.75) is 38.8 Å². The molecule has 0 saturated carbocycles. The molecule has 0 heterocycles. The van der Waals surface area contributed by atoms with E-state index in [0.717, 1.165) is 0 Å². The normalized spacial score (nSPS) is 14.3. The second-order valence-corrected chi connectivity index (χ2v) is 4.53. The van der Waals surface area contributed by atoms with E-state index in [1.54, 1.807) is 18.2 Å². The van der Waals surface area contributed by atoms with E-state index in [4.69, 9.17) is 4.74 Å². The van der Waals surface area contributed by atoms with Crippen LogP contribution in [0.3, 0.4) is 0 Å². The van der Waals surface area contributed by atoms with Crippen LogP contribution in [0.25, 0.3) is 0 Å². The van der Waals surface area contributed by atoms with Crippen molar-refractivity contribution in [3.05, 3.63) is 35.6 Å². The van der Waals surface area contributed by atoms with Gasteiger partial charge in [-0.25, -0.2) is 9.18 Å². The summed E-state index contributed by atoms with van der Waals surface area (Å²) in [5, 5.41) is 3.14. The highest BCUT2D eigenvalue weighted by atomic mass is 19.1. The molecule has 0 spiro atoms. The number of nitrogens with one attached hydrogen (secondary N) is 1. The first-order valence-electron chi connectivity index (χ1n) is 6.09. The molecule has 0 aliphatic rings. The molecule has 0 aliphatic carbocycles. The number of ether oxygens (including phenoxy) is 1. The minimum absolute atomic E-state index is 0.0312. The lowest BCUT2D eigenvalue weighted by molar-refractivity contribution is -0.150. The lowest BCUT2D eigenvalue weighted by atomic mass is 9.86. The molecule has 1 N–H and O–H groups in total. The van der Waals surface area contributed by atoms with Gasteiger partial charge in [0, 0.05) is 11.6 Å². The summed E-state index contributed by atoms with van der Waals surface area (Å²) in [6, 6.07) is 6.32. The predicted octanol–water partition coefficient (Wildman–Crippen LogP) is 2.60. The molecule has 0 amide bonds. The molecule has 1 aromatic carbocycles. The molecule has 0 aromatic heterocycles. The van der Waals surface area contributed by atoms with Gasteiger partial charge < -0.3 is 4.74 Å². The Balaban J connectivity index is 3.35. The van der Waals surface area contributed by atoms with Gasteiger partial charge in [-0.2, -0.15) is 0 Å². The van der Waals surface area contributed by atoms with E-state index in [0.29, 0.717) is 12.0 Å². The van der Waals surface area contributed by atoms with E-state index in [1.807, 2.05) is 20.8 Å². The standard InChI is InChI=1S/C14H20FNO2/c1-5-14(13(17)18-4,16-10(2)3)11-8-6-7-9-12(11)15/h6-10,16H,5H2,1-4H3. The molecular weight excluding hydrogens is 233 g/mol. The molecule has 0 radical (unpaired) electrons. The molecule has 1 rings (SSSR count). The Morgan fingerprint density at radius 2 is 2.06 bits per heavy atom.